The van der Waals surface area contributed by atoms with Crippen molar-refractivity contribution in [2.24, 2.45) is 0 Å². The Morgan fingerprint density at radius 3 is 2.65 bits per heavy atom. The highest BCUT2D eigenvalue weighted by molar-refractivity contribution is 7.86. The summed E-state index contributed by atoms with van der Waals surface area (Å²) in [4.78, 5) is 11.0. The molecule has 0 fully saturated rings. The second-order valence-electron chi connectivity index (χ2n) is 3.70. The third-order valence-corrected chi connectivity index (χ3v) is 4.13. The second kappa shape index (κ2) is 6.49. The van der Waals surface area contributed by atoms with Gasteiger partial charge in [0.25, 0.3) is 0 Å². The highest BCUT2D eigenvalue weighted by Crippen LogP contribution is 2.19. The van der Waals surface area contributed by atoms with Crippen LogP contribution in [-0.2, 0) is 15.6 Å². The first-order valence-electron chi connectivity index (χ1n) is 5.45. The minimum atomic E-state index is -1.84. The first kappa shape index (κ1) is 13.8. The minimum absolute atomic E-state index is 0.0315. The van der Waals surface area contributed by atoms with Crippen molar-refractivity contribution in [3.8, 4) is 0 Å². The summed E-state index contributed by atoms with van der Waals surface area (Å²) in [5.41, 5.74) is 0. The highest BCUT2D eigenvalue weighted by atomic mass is 32.2. The van der Waals surface area contributed by atoms with Crippen molar-refractivity contribution < 1.29 is 18.5 Å². The Bertz CT molecular complexity index is 420. The molecule has 0 aliphatic carbocycles. The molecule has 0 radical (unpaired) electrons. The number of rotatable bonds is 6. The summed E-state index contributed by atoms with van der Waals surface area (Å²) in [6, 6.07) is 5.59. The molecule has 0 aliphatic rings. The number of benzene rings is 1. The lowest BCUT2D eigenvalue weighted by molar-refractivity contribution is -0.136. The van der Waals surface area contributed by atoms with Gasteiger partial charge in [-0.15, -0.1) is 0 Å². The molecule has 94 valence electrons. The average molecular weight is 258 g/mol. The maximum atomic E-state index is 13.4. The van der Waals surface area contributed by atoms with Gasteiger partial charge in [-0.3, -0.25) is 9.00 Å². The van der Waals surface area contributed by atoms with Gasteiger partial charge in [-0.25, -0.2) is 4.39 Å². The molecule has 2 atom stereocenters. The Balaban J connectivity index is 2.92. The van der Waals surface area contributed by atoms with Crippen molar-refractivity contribution in [2.45, 2.75) is 36.3 Å². The number of hydrogen-bond donors (Lipinski definition) is 1. The molecule has 2 unspecified atom stereocenters. The van der Waals surface area contributed by atoms with Gasteiger partial charge in [0.1, 0.15) is 11.1 Å². The Kier molecular flexibility index (Phi) is 5.28. The molecule has 5 heteroatoms. The summed E-state index contributed by atoms with van der Waals surface area (Å²) in [5, 5.41) is 7.97. The number of carbonyl (C=O) groups is 1. The average Bonchev–Trinajstić information content (AvgIpc) is 2.29. The Morgan fingerprint density at radius 1 is 1.47 bits per heavy atom. The van der Waals surface area contributed by atoms with Crippen molar-refractivity contribution in [1.82, 2.24) is 0 Å². The summed E-state index contributed by atoms with van der Waals surface area (Å²) in [6.45, 7) is 1.92. The van der Waals surface area contributed by atoms with Gasteiger partial charge in [0.05, 0.1) is 15.7 Å². The second-order valence-corrected chi connectivity index (χ2v) is 5.30. The maximum absolute atomic E-state index is 13.4. The lowest BCUT2D eigenvalue weighted by atomic mass is 10.2. The van der Waals surface area contributed by atoms with Gasteiger partial charge in [-0.1, -0.05) is 31.9 Å². The van der Waals surface area contributed by atoms with Crippen LogP contribution in [0.4, 0.5) is 4.39 Å². The van der Waals surface area contributed by atoms with Crippen LogP contribution < -0.4 is 0 Å². The van der Waals surface area contributed by atoms with Gasteiger partial charge in [0.15, 0.2) is 0 Å². The number of unbranched alkanes of at least 4 members (excludes halogenated alkanes) is 1. The third-order valence-electron chi connectivity index (χ3n) is 2.41. The van der Waals surface area contributed by atoms with Crippen molar-refractivity contribution in [3.05, 3.63) is 30.1 Å². The summed E-state index contributed by atoms with van der Waals surface area (Å²) in [5.74, 6) is -1.76. The standard InChI is InChI=1S/C12H15FO3S/c1-2-3-7-11(12(14)15)17(16)10-8-5-4-6-9(10)13/h4-6,8,11H,2-3,7H2,1H3,(H,14,15). The number of carboxylic acids is 1. The van der Waals surface area contributed by atoms with Crippen LogP contribution in [0.25, 0.3) is 0 Å². The lowest BCUT2D eigenvalue weighted by Crippen LogP contribution is -2.26. The molecule has 1 aromatic carbocycles. The quantitative estimate of drug-likeness (QED) is 0.853. The van der Waals surface area contributed by atoms with Crippen LogP contribution in [0.1, 0.15) is 26.2 Å². The number of carboxylic acid groups (broad SMARTS) is 1. The van der Waals surface area contributed by atoms with Gasteiger partial charge < -0.3 is 5.11 Å². The molecule has 1 rings (SSSR count). The number of hydrogen-bond acceptors (Lipinski definition) is 2. The molecule has 0 heterocycles. The fourth-order valence-corrected chi connectivity index (χ4v) is 2.82. The van der Waals surface area contributed by atoms with Crippen LogP contribution in [0, 0.1) is 5.82 Å². The first-order valence-corrected chi connectivity index (χ1v) is 6.67. The van der Waals surface area contributed by atoms with Gasteiger partial charge >= 0.3 is 5.97 Å². The van der Waals surface area contributed by atoms with Crippen LogP contribution in [0.3, 0.4) is 0 Å². The topological polar surface area (TPSA) is 54.4 Å². The molecule has 17 heavy (non-hydrogen) atoms. The molecule has 0 amide bonds. The van der Waals surface area contributed by atoms with Crippen molar-refractivity contribution in [1.29, 1.82) is 0 Å². The first-order chi connectivity index (χ1) is 8.07. The predicted octanol–water partition coefficient (Wildman–Crippen LogP) is 2.58. The van der Waals surface area contributed by atoms with E-state index in [2.05, 4.69) is 0 Å². The molecular weight excluding hydrogens is 243 g/mol. The monoisotopic (exact) mass is 258 g/mol. The van der Waals surface area contributed by atoms with Gasteiger partial charge in [-0.05, 0) is 18.6 Å². The summed E-state index contributed by atoms with van der Waals surface area (Å²) >= 11 is 0. The normalized spacial score (nSPS) is 14.2. The minimum Gasteiger partial charge on any atom is -0.480 e. The van der Waals surface area contributed by atoms with Gasteiger partial charge in [0.2, 0.25) is 0 Å². The van der Waals surface area contributed by atoms with Crippen LogP contribution >= 0.6 is 0 Å². The van der Waals surface area contributed by atoms with E-state index in [1.165, 1.54) is 18.2 Å². The molecule has 0 aromatic heterocycles. The highest BCUT2D eigenvalue weighted by Gasteiger charge is 2.26. The van der Waals surface area contributed by atoms with Gasteiger partial charge in [0, 0.05) is 0 Å². The fraction of sp³-hybridized carbons (Fsp3) is 0.417. The van der Waals surface area contributed by atoms with Crippen LogP contribution in [0.15, 0.2) is 29.2 Å². The molecular formula is C12H15FO3S. The van der Waals surface area contributed by atoms with E-state index in [9.17, 15) is 13.4 Å². The van der Waals surface area contributed by atoms with Crippen LogP contribution in [0.2, 0.25) is 0 Å². The van der Waals surface area contributed by atoms with E-state index in [-0.39, 0.29) is 4.90 Å². The van der Waals surface area contributed by atoms with Crippen LogP contribution in [-0.4, -0.2) is 20.5 Å². The zero-order valence-corrected chi connectivity index (χ0v) is 10.4. The van der Waals surface area contributed by atoms with E-state index in [0.29, 0.717) is 12.8 Å². The Morgan fingerprint density at radius 2 is 2.12 bits per heavy atom. The molecule has 3 nitrogen and oxygen atoms in total. The molecule has 0 saturated carbocycles. The van der Waals surface area contributed by atoms with Crippen LogP contribution in [0.5, 0.6) is 0 Å². The lowest BCUT2D eigenvalue weighted by Gasteiger charge is -2.12. The summed E-state index contributed by atoms with van der Waals surface area (Å²) < 4.78 is 25.4. The molecule has 1 aromatic rings. The summed E-state index contributed by atoms with van der Waals surface area (Å²) in [7, 11) is -1.84. The Labute approximate surface area is 102 Å². The zero-order chi connectivity index (χ0) is 12.8. The van der Waals surface area contributed by atoms with E-state index in [1.54, 1.807) is 6.07 Å². The van der Waals surface area contributed by atoms with E-state index in [1.807, 2.05) is 6.92 Å². The fourth-order valence-electron chi connectivity index (χ4n) is 1.47. The van der Waals surface area contributed by atoms with Crippen molar-refractivity contribution >= 4 is 16.8 Å². The van der Waals surface area contributed by atoms with E-state index in [4.69, 9.17) is 5.11 Å². The third kappa shape index (κ3) is 3.63. The number of halogens is 1. The van der Waals surface area contributed by atoms with E-state index >= 15 is 0 Å². The smallest absolute Gasteiger partial charge is 0.319 e. The SMILES string of the molecule is CCCCC(C(=O)O)S(=O)c1ccccc1F. The molecule has 1 N–H and O–H groups in total. The largest absolute Gasteiger partial charge is 0.480 e. The van der Waals surface area contributed by atoms with Gasteiger partial charge in [-0.2, -0.15) is 0 Å². The zero-order valence-electron chi connectivity index (χ0n) is 9.56. The van der Waals surface area contributed by atoms with E-state index in [0.717, 1.165) is 6.42 Å². The predicted molar refractivity (Wildman–Crippen MR) is 63.8 cm³/mol. The van der Waals surface area contributed by atoms with E-state index < -0.39 is 27.8 Å². The summed E-state index contributed by atoms with van der Waals surface area (Å²) in [6.07, 6.45) is 1.78. The molecule has 0 bridgehead atoms. The molecule has 0 saturated heterocycles. The van der Waals surface area contributed by atoms with Crippen molar-refractivity contribution in [3.63, 3.8) is 0 Å². The van der Waals surface area contributed by atoms with Crippen molar-refractivity contribution in [2.75, 3.05) is 0 Å². The molecule has 0 aliphatic heterocycles. The number of aliphatic carboxylic acids is 1. The maximum Gasteiger partial charge on any atom is 0.319 e. The molecule has 0 spiro atoms. The Hall–Kier alpha value is -1.23.